The van der Waals surface area contributed by atoms with E-state index in [1.807, 2.05) is 24.1 Å². The third kappa shape index (κ3) is 3.19. The van der Waals surface area contributed by atoms with Crippen molar-refractivity contribution in [2.45, 2.75) is 23.8 Å². The molecule has 0 radical (unpaired) electrons. The summed E-state index contributed by atoms with van der Waals surface area (Å²) in [7, 11) is 0. The Hall–Kier alpha value is -0.620. The minimum atomic E-state index is 0.275. The van der Waals surface area contributed by atoms with Crippen molar-refractivity contribution in [1.82, 2.24) is 9.97 Å². The summed E-state index contributed by atoms with van der Waals surface area (Å²) >= 11 is 3.54. The molecule has 0 atom stereocenters. The summed E-state index contributed by atoms with van der Waals surface area (Å²) in [6, 6.07) is 1.87. The lowest BCUT2D eigenvalue weighted by atomic mass is 10.2. The molecule has 4 nitrogen and oxygen atoms in total. The molecule has 0 unspecified atom stereocenters. The van der Waals surface area contributed by atoms with Crippen LogP contribution in [-0.2, 0) is 0 Å². The van der Waals surface area contributed by atoms with Crippen LogP contribution in [0.25, 0.3) is 0 Å². The molecule has 0 bridgehead atoms. The van der Waals surface area contributed by atoms with E-state index < -0.39 is 0 Å². The van der Waals surface area contributed by atoms with Crippen molar-refractivity contribution < 1.29 is 0 Å². The number of anilines is 2. The summed E-state index contributed by atoms with van der Waals surface area (Å²) in [6.07, 6.45) is 1.97. The highest BCUT2D eigenvalue weighted by molar-refractivity contribution is 8.00. The molecule has 94 valence electrons. The summed E-state index contributed by atoms with van der Waals surface area (Å²) in [6.45, 7) is 6.56. The number of aromatic nitrogens is 2. The van der Waals surface area contributed by atoms with Crippen LogP contribution in [0.5, 0.6) is 0 Å². The van der Waals surface area contributed by atoms with Crippen LogP contribution in [0.2, 0.25) is 0 Å². The maximum atomic E-state index is 5.81. The molecule has 0 saturated carbocycles. The van der Waals surface area contributed by atoms with Gasteiger partial charge in [0.05, 0.1) is 0 Å². The first-order chi connectivity index (χ1) is 8.00. The molecule has 2 rings (SSSR count). The molecule has 0 aliphatic carbocycles. The van der Waals surface area contributed by atoms with Crippen molar-refractivity contribution in [2.24, 2.45) is 0 Å². The maximum absolute atomic E-state index is 5.81. The molecular weight excluding hydrogens is 252 g/mol. The molecule has 0 amide bonds. The van der Waals surface area contributed by atoms with E-state index in [9.17, 15) is 0 Å². The molecule has 1 saturated heterocycles. The highest BCUT2D eigenvalue weighted by Gasteiger charge is 2.28. The summed E-state index contributed by atoms with van der Waals surface area (Å²) in [5, 5.41) is 0.746. The Balaban J connectivity index is 2.24. The van der Waals surface area contributed by atoms with Crippen LogP contribution < -0.4 is 10.6 Å². The van der Waals surface area contributed by atoms with Crippen LogP contribution in [0.1, 0.15) is 13.8 Å². The van der Waals surface area contributed by atoms with Gasteiger partial charge in [-0.2, -0.15) is 11.8 Å². The minimum absolute atomic E-state index is 0.275. The van der Waals surface area contributed by atoms with Crippen LogP contribution in [-0.4, -0.2) is 39.8 Å². The molecule has 1 aromatic heterocycles. The quantitative estimate of drug-likeness (QED) is 0.656. The fourth-order valence-corrected chi connectivity index (χ4v) is 3.39. The van der Waals surface area contributed by atoms with Crippen molar-refractivity contribution >= 4 is 35.2 Å². The van der Waals surface area contributed by atoms with Crippen LogP contribution >= 0.6 is 23.5 Å². The topological polar surface area (TPSA) is 55.0 Å². The Morgan fingerprint density at radius 1 is 1.47 bits per heavy atom. The van der Waals surface area contributed by atoms with Gasteiger partial charge in [-0.25, -0.2) is 9.97 Å². The molecule has 1 aliphatic rings. The van der Waals surface area contributed by atoms with Gasteiger partial charge in [0.1, 0.15) is 11.6 Å². The lowest BCUT2D eigenvalue weighted by Gasteiger charge is -2.38. The van der Waals surface area contributed by atoms with E-state index in [1.165, 1.54) is 11.8 Å². The zero-order valence-electron chi connectivity index (χ0n) is 10.4. The monoisotopic (exact) mass is 270 g/mol. The van der Waals surface area contributed by atoms with Gasteiger partial charge in [0.15, 0.2) is 5.16 Å². The van der Waals surface area contributed by atoms with Crippen molar-refractivity contribution in [3.8, 4) is 0 Å². The molecule has 6 heteroatoms. The van der Waals surface area contributed by atoms with Crippen molar-refractivity contribution in [1.29, 1.82) is 0 Å². The van der Waals surface area contributed by atoms with E-state index in [-0.39, 0.29) is 4.75 Å². The fourth-order valence-electron chi connectivity index (χ4n) is 1.90. The van der Waals surface area contributed by atoms with Crippen LogP contribution in [0.3, 0.4) is 0 Å². The number of nitrogens with zero attached hydrogens (tertiary/aromatic N) is 3. The predicted octanol–water partition coefficient (Wildman–Crippen LogP) is 2.11. The number of hydrogen-bond acceptors (Lipinski definition) is 6. The number of nitrogens with two attached hydrogens (primary N) is 1. The summed E-state index contributed by atoms with van der Waals surface area (Å²) < 4.78 is 0.275. The second-order valence-corrected chi connectivity index (χ2v) is 7.24. The van der Waals surface area contributed by atoms with Gasteiger partial charge in [0, 0.05) is 29.7 Å². The standard InChI is InChI=1S/C11H18N4S2/c1-11(2)7-15(4-5-17-11)9-6-8(12)13-10(14-9)16-3/h6H,4-5,7H2,1-3H3,(H2,12,13,14). The van der Waals surface area contributed by atoms with Gasteiger partial charge in [0.2, 0.25) is 0 Å². The first-order valence-corrected chi connectivity index (χ1v) is 7.79. The Morgan fingerprint density at radius 3 is 2.88 bits per heavy atom. The van der Waals surface area contributed by atoms with E-state index in [4.69, 9.17) is 5.73 Å². The third-order valence-corrected chi connectivity index (χ3v) is 4.49. The van der Waals surface area contributed by atoms with E-state index in [0.717, 1.165) is 29.8 Å². The summed E-state index contributed by atoms with van der Waals surface area (Å²) in [4.78, 5) is 11.0. The maximum Gasteiger partial charge on any atom is 0.191 e. The molecule has 1 aromatic rings. The SMILES string of the molecule is CSc1nc(N)cc(N2CCSC(C)(C)C2)n1. The van der Waals surface area contributed by atoms with Gasteiger partial charge in [0.25, 0.3) is 0 Å². The first kappa shape index (κ1) is 12.8. The van der Waals surface area contributed by atoms with Crippen LogP contribution in [0.4, 0.5) is 11.6 Å². The van der Waals surface area contributed by atoms with Gasteiger partial charge in [-0.05, 0) is 20.1 Å². The van der Waals surface area contributed by atoms with E-state index >= 15 is 0 Å². The number of hydrogen-bond donors (Lipinski definition) is 1. The molecule has 17 heavy (non-hydrogen) atoms. The third-order valence-electron chi connectivity index (χ3n) is 2.64. The number of nitrogen functional groups attached to an aromatic ring is 1. The zero-order valence-corrected chi connectivity index (χ0v) is 12.1. The van der Waals surface area contributed by atoms with Crippen molar-refractivity contribution in [2.75, 3.05) is 35.7 Å². The second-order valence-electron chi connectivity index (χ2n) is 4.67. The van der Waals surface area contributed by atoms with Gasteiger partial charge in [-0.1, -0.05) is 11.8 Å². The molecular formula is C11H18N4S2. The average Bonchev–Trinajstić information content (AvgIpc) is 2.27. The van der Waals surface area contributed by atoms with Gasteiger partial charge >= 0.3 is 0 Å². The Labute approximate surface area is 111 Å². The smallest absolute Gasteiger partial charge is 0.191 e. The first-order valence-electron chi connectivity index (χ1n) is 5.58. The molecule has 2 N–H and O–H groups in total. The average molecular weight is 270 g/mol. The Morgan fingerprint density at radius 2 is 2.24 bits per heavy atom. The van der Waals surface area contributed by atoms with E-state index in [2.05, 4.69) is 28.7 Å². The Bertz CT molecular complexity index is 408. The molecule has 1 aliphatic heterocycles. The largest absolute Gasteiger partial charge is 0.383 e. The Kier molecular flexibility index (Phi) is 3.73. The molecule has 0 spiro atoms. The predicted molar refractivity (Wildman–Crippen MR) is 77.0 cm³/mol. The second kappa shape index (κ2) is 4.94. The molecule has 0 aromatic carbocycles. The lowest BCUT2D eigenvalue weighted by molar-refractivity contribution is 0.639. The van der Waals surface area contributed by atoms with Gasteiger partial charge in [-0.15, -0.1) is 0 Å². The fraction of sp³-hybridized carbons (Fsp3) is 0.636. The number of thioether (sulfide) groups is 2. The summed E-state index contributed by atoms with van der Waals surface area (Å²) in [5.41, 5.74) is 5.81. The van der Waals surface area contributed by atoms with Gasteiger partial charge < -0.3 is 10.6 Å². The molecule has 2 heterocycles. The summed E-state index contributed by atoms with van der Waals surface area (Å²) in [5.74, 6) is 2.64. The zero-order chi connectivity index (χ0) is 12.5. The van der Waals surface area contributed by atoms with Crippen molar-refractivity contribution in [3.05, 3.63) is 6.07 Å². The highest BCUT2D eigenvalue weighted by atomic mass is 32.2. The molecule has 1 fully saturated rings. The normalized spacial score (nSPS) is 19.4. The minimum Gasteiger partial charge on any atom is -0.383 e. The van der Waals surface area contributed by atoms with Crippen LogP contribution in [0, 0.1) is 0 Å². The van der Waals surface area contributed by atoms with Crippen molar-refractivity contribution in [3.63, 3.8) is 0 Å². The number of rotatable bonds is 2. The lowest BCUT2D eigenvalue weighted by Crippen LogP contribution is -2.43. The highest BCUT2D eigenvalue weighted by Crippen LogP contribution is 2.32. The van der Waals surface area contributed by atoms with Crippen LogP contribution in [0.15, 0.2) is 11.2 Å². The van der Waals surface area contributed by atoms with E-state index in [0.29, 0.717) is 5.82 Å². The van der Waals surface area contributed by atoms with Gasteiger partial charge in [-0.3, -0.25) is 0 Å². The van der Waals surface area contributed by atoms with E-state index in [1.54, 1.807) is 0 Å².